The Morgan fingerprint density at radius 1 is 1.16 bits per heavy atom. The van der Waals surface area contributed by atoms with Crippen LogP contribution in [-0.4, -0.2) is 39.5 Å². The average molecular weight is 430 g/mol. The number of carbonyl (C=O) groups excluding carboxylic acids is 1. The van der Waals surface area contributed by atoms with Crippen LogP contribution >= 0.6 is 11.5 Å². The minimum atomic E-state index is 0.0329. The lowest BCUT2D eigenvalue weighted by molar-refractivity contribution is -0.117. The molecule has 9 nitrogen and oxygen atoms in total. The van der Waals surface area contributed by atoms with Gasteiger partial charge in [-0.2, -0.15) is 9.47 Å². The molecule has 0 unspecified atom stereocenters. The summed E-state index contributed by atoms with van der Waals surface area (Å²) in [5, 5.41) is 16.2. The standard InChI is InChI=1S/C21H18N8OS/c1-12-8-16(31-27-12)14-4-6-19-24-25-20(28(19)10-14)9-15-5-7-18-22-17(11-29(18)26-15)23-21(30)13-2-3-13/h4-8,10-11,13H,2-3,9H2,1H3,(H,23,30). The second kappa shape index (κ2) is 6.95. The molecule has 6 rings (SSSR count). The van der Waals surface area contributed by atoms with Gasteiger partial charge in [-0.3, -0.25) is 9.20 Å². The molecule has 0 aromatic carbocycles. The quantitative estimate of drug-likeness (QED) is 0.460. The van der Waals surface area contributed by atoms with Crippen molar-refractivity contribution in [1.29, 1.82) is 0 Å². The van der Waals surface area contributed by atoms with E-state index >= 15 is 0 Å². The molecule has 0 bridgehead atoms. The van der Waals surface area contributed by atoms with Gasteiger partial charge in [0.05, 0.1) is 28.9 Å². The maximum absolute atomic E-state index is 12.0. The maximum Gasteiger partial charge on any atom is 0.228 e. The molecule has 0 spiro atoms. The van der Waals surface area contributed by atoms with Crippen molar-refractivity contribution in [3.05, 3.63) is 59.9 Å². The van der Waals surface area contributed by atoms with E-state index in [1.54, 1.807) is 10.7 Å². The van der Waals surface area contributed by atoms with Crippen LogP contribution in [-0.2, 0) is 11.2 Å². The van der Waals surface area contributed by atoms with Crippen molar-refractivity contribution in [2.75, 3.05) is 5.32 Å². The zero-order valence-electron chi connectivity index (χ0n) is 16.7. The van der Waals surface area contributed by atoms with Crippen LogP contribution in [0.5, 0.6) is 0 Å². The lowest BCUT2D eigenvalue weighted by Gasteiger charge is -2.03. The lowest BCUT2D eigenvalue weighted by Crippen LogP contribution is -2.13. The molecule has 1 fully saturated rings. The van der Waals surface area contributed by atoms with Gasteiger partial charge in [0.25, 0.3) is 0 Å². The van der Waals surface area contributed by atoms with Gasteiger partial charge >= 0.3 is 0 Å². The summed E-state index contributed by atoms with van der Waals surface area (Å²) in [6.07, 6.45) is 6.21. The highest BCUT2D eigenvalue weighted by Gasteiger charge is 2.30. The molecule has 5 heterocycles. The molecule has 1 aliphatic rings. The SMILES string of the molecule is Cc1cc(-c2ccc3nnc(Cc4ccc5nc(NC(=O)C6CC6)cn5n4)n3c2)sn1. The van der Waals surface area contributed by atoms with Crippen LogP contribution in [0.1, 0.15) is 30.1 Å². The van der Waals surface area contributed by atoms with E-state index in [2.05, 4.69) is 36.0 Å². The molecule has 0 saturated heterocycles. The number of carbonyl (C=O) groups is 1. The molecule has 1 N–H and O–H groups in total. The highest BCUT2D eigenvalue weighted by atomic mass is 32.1. The number of imidazole rings is 1. The number of fused-ring (bicyclic) bond motifs is 2. The predicted molar refractivity (Wildman–Crippen MR) is 116 cm³/mol. The summed E-state index contributed by atoms with van der Waals surface area (Å²) >= 11 is 1.48. The Kier molecular flexibility index (Phi) is 4.06. The number of aromatic nitrogens is 7. The van der Waals surface area contributed by atoms with Crippen molar-refractivity contribution >= 4 is 34.6 Å². The van der Waals surface area contributed by atoms with Crippen LogP contribution in [0.2, 0.25) is 0 Å². The van der Waals surface area contributed by atoms with Gasteiger partial charge in [0.2, 0.25) is 5.91 Å². The number of rotatable bonds is 5. The highest BCUT2D eigenvalue weighted by molar-refractivity contribution is 7.09. The zero-order valence-corrected chi connectivity index (χ0v) is 17.5. The molecule has 1 aliphatic carbocycles. The topological polar surface area (TPSA) is 102 Å². The number of anilines is 1. The van der Waals surface area contributed by atoms with Crippen LogP contribution in [0.25, 0.3) is 21.7 Å². The minimum absolute atomic E-state index is 0.0329. The van der Waals surface area contributed by atoms with E-state index in [4.69, 9.17) is 0 Å². The van der Waals surface area contributed by atoms with Crippen molar-refractivity contribution in [1.82, 2.24) is 33.6 Å². The van der Waals surface area contributed by atoms with E-state index in [9.17, 15) is 4.79 Å². The van der Waals surface area contributed by atoms with Crippen LogP contribution in [0.3, 0.4) is 0 Å². The molecule has 1 saturated carbocycles. The molecule has 1 amide bonds. The number of aryl methyl sites for hydroxylation is 1. The summed E-state index contributed by atoms with van der Waals surface area (Å²) in [4.78, 5) is 17.5. The first kappa shape index (κ1) is 18.1. The second-order valence-electron chi connectivity index (χ2n) is 7.79. The molecule has 5 aromatic rings. The van der Waals surface area contributed by atoms with Crippen LogP contribution in [0.15, 0.2) is 42.7 Å². The van der Waals surface area contributed by atoms with Gasteiger partial charge in [0, 0.05) is 17.7 Å². The largest absolute Gasteiger partial charge is 0.309 e. The fourth-order valence-electron chi connectivity index (χ4n) is 3.52. The van der Waals surface area contributed by atoms with Gasteiger partial charge < -0.3 is 5.32 Å². The van der Waals surface area contributed by atoms with Gasteiger partial charge in [-0.25, -0.2) is 9.50 Å². The molecular formula is C21H18N8OS. The van der Waals surface area contributed by atoms with Gasteiger partial charge in [-0.15, -0.1) is 10.2 Å². The normalized spacial score (nSPS) is 13.8. The number of hydrogen-bond acceptors (Lipinski definition) is 7. The number of amides is 1. The first-order valence-electron chi connectivity index (χ1n) is 10.1. The third-order valence-corrected chi connectivity index (χ3v) is 6.23. The van der Waals surface area contributed by atoms with Crippen molar-refractivity contribution in [3.63, 3.8) is 0 Å². The third kappa shape index (κ3) is 3.44. The summed E-state index contributed by atoms with van der Waals surface area (Å²) in [6.45, 7) is 1.99. The van der Waals surface area contributed by atoms with Gasteiger partial charge in [0.1, 0.15) is 5.82 Å². The Hall–Kier alpha value is -3.66. The smallest absolute Gasteiger partial charge is 0.228 e. The Labute approximate surface area is 180 Å². The van der Waals surface area contributed by atoms with E-state index in [1.165, 1.54) is 11.5 Å². The van der Waals surface area contributed by atoms with E-state index in [1.807, 2.05) is 41.8 Å². The maximum atomic E-state index is 12.0. The summed E-state index contributed by atoms with van der Waals surface area (Å²) in [5.74, 6) is 1.49. The third-order valence-electron chi connectivity index (χ3n) is 5.30. The van der Waals surface area contributed by atoms with Crippen LogP contribution < -0.4 is 5.32 Å². The average Bonchev–Trinajstić information content (AvgIpc) is 3.23. The highest BCUT2D eigenvalue weighted by Crippen LogP contribution is 2.30. The van der Waals surface area contributed by atoms with E-state index in [0.29, 0.717) is 17.9 Å². The Morgan fingerprint density at radius 3 is 2.84 bits per heavy atom. The molecule has 31 heavy (non-hydrogen) atoms. The Morgan fingerprint density at radius 2 is 2.03 bits per heavy atom. The van der Waals surface area contributed by atoms with E-state index in [0.717, 1.165) is 46.1 Å². The fourth-order valence-corrected chi connectivity index (χ4v) is 4.26. The number of nitrogens with zero attached hydrogens (tertiary/aromatic N) is 7. The summed E-state index contributed by atoms with van der Waals surface area (Å²) in [5.41, 5.74) is 4.39. The second-order valence-corrected chi connectivity index (χ2v) is 8.59. The first-order chi connectivity index (χ1) is 15.1. The lowest BCUT2D eigenvalue weighted by atomic mass is 10.2. The summed E-state index contributed by atoms with van der Waals surface area (Å²) in [6, 6.07) is 9.89. The molecule has 5 aromatic heterocycles. The number of hydrogen-bond donors (Lipinski definition) is 1. The van der Waals surface area contributed by atoms with Gasteiger partial charge in [-0.05, 0) is 61.6 Å². The van der Waals surface area contributed by atoms with E-state index < -0.39 is 0 Å². The zero-order chi connectivity index (χ0) is 20.9. The Balaban J connectivity index is 1.29. The molecular weight excluding hydrogens is 412 g/mol. The monoisotopic (exact) mass is 430 g/mol. The summed E-state index contributed by atoms with van der Waals surface area (Å²) in [7, 11) is 0. The number of pyridine rings is 1. The molecule has 154 valence electrons. The minimum Gasteiger partial charge on any atom is -0.309 e. The van der Waals surface area contributed by atoms with Crippen molar-refractivity contribution < 1.29 is 4.79 Å². The van der Waals surface area contributed by atoms with Crippen molar-refractivity contribution in [2.45, 2.75) is 26.2 Å². The molecule has 0 atom stereocenters. The summed E-state index contributed by atoms with van der Waals surface area (Å²) < 4.78 is 8.05. The predicted octanol–water partition coefficient (Wildman–Crippen LogP) is 3.14. The van der Waals surface area contributed by atoms with E-state index in [-0.39, 0.29) is 11.8 Å². The first-order valence-corrected chi connectivity index (χ1v) is 10.8. The van der Waals surface area contributed by atoms with Crippen LogP contribution in [0.4, 0.5) is 5.82 Å². The van der Waals surface area contributed by atoms with Gasteiger partial charge in [0.15, 0.2) is 17.1 Å². The number of nitrogens with one attached hydrogen (secondary N) is 1. The van der Waals surface area contributed by atoms with Crippen molar-refractivity contribution in [3.8, 4) is 10.4 Å². The van der Waals surface area contributed by atoms with Gasteiger partial charge in [-0.1, -0.05) is 0 Å². The Bertz CT molecular complexity index is 1440. The fraction of sp³-hybridized carbons (Fsp3) is 0.238. The molecule has 0 radical (unpaired) electrons. The molecule has 10 heteroatoms. The van der Waals surface area contributed by atoms with Crippen molar-refractivity contribution in [2.24, 2.45) is 5.92 Å². The molecule has 0 aliphatic heterocycles. The van der Waals surface area contributed by atoms with Crippen LogP contribution in [0, 0.1) is 12.8 Å².